The summed E-state index contributed by atoms with van der Waals surface area (Å²) >= 11 is 0. The van der Waals surface area contributed by atoms with Crippen LogP contribution < -0.4 is 0 Å². The number of rotatable bonds is 19. The summed E-state index contributed by atoms with van der Waals surface area (Å²) in [7, 11) is 4.70. The molecule has 24 heavy (non-hydrogen) atoms. The molecule has 0 bridgehead atoms. The van der Waals surface area contributed by atoms with Crippen molar-refractivity contribution in [2.24, 2.45) is 0 Å². The van der Waals surface area contributed by atoms with Gasteiger partial charge in [0.25, 0.3) is 0 Å². The Kier molecular flexibility index (Phi) is 17.7. The Morgan fingerprint density at radius 2 is 0.958 bits per heavy atom. The van der Waals surface area contributed by atoms with Gasteiger partial charge in [0.2, 0.25) is 0 Å². The van der Waals surface area contributed by atoms with E-state index in [1.807, 2.05) is 0 Å². The second-order valence-electron chi connectivity index (χ2n) is 8.24. The fraction of sp³-hybridized carbons (Fsp3) is 1.00. The average Bonchev–Trinajstić information content (AvgIpc) is 2.55. The van der Waals surface area contributed by atoms with Gasteiger partial charge in [-0.25, -0.2) is 0 Å². The number of unbranched alkanes of at least 4 members (excludes halogenated alkanes) is 12. The van der Waals surface area contributed by atoms with Crippen molar-refractivity contribution in [1.29, 1.82) is 0 Å². The normalized spacial score (nSPS) is 12.0. The van der Waals surface area contributed by atoms with Gasteiger partial charge in [0.05, 0.1) is 27.2 Å². The fourth-order valence-corrected chi connectivity index (χ4v) is 3.15. The lowest BCUT2D eigenvalue weighted by atomic mass is 10.1. The lowest BCUT2D eigenvalue weighted by Gasteiger charge is -2.29. The number of hydrogen-bond donors (Lipinski definition) is 0. The minimum absolute atomic E-state index is 0.922. The maximum Gasteiger partial charge on any atom is 0.102 e. The summed E-state index contributed by atoms with van der Waals surface area (Å²) in [6.45, 7) is 8.83. The molecule has 0 unspecified atom stereocenters. The van der Waals surface area contributed by atoms with Gasteiger partial charge in [0.15, 0.2) is 0 Å². The van der Waals surface area contributed by atoms with E-state index in [2.05, 4.69) is 27.9 Å². The zero-order valence-electron chi connectivity index (χ0n) is 17.6. The Morgan fingerprint density at radius 1 is 0.500 bits per heavy atom. The molecule has 146 valence electrons. The van der Waals surface area contributed by atoms with E-state index in [0.29, 0.717) is 0 Å². The molecule has 0 saturated carbocycles. The van der Waals surface area contributed by atoms with Crippen molar-refractivity contribution < 1.29 is 9.22 Å². The predicted molar refractivity (Wildman–Crippen MR) is 109 cm³/mol. The Hall–Kier alpha value is -0.0800. The topological polar surface area (TPSA) is 9.23 Å². The highest BCUT2D eigenvalue weighted by Crippen LogP contribution is 2.12. The summed E-state index contributed by atoms with van der Waals surface area (Å²) in [4.78, 5) is 0. The molecule has 2 nitrogen and oxygen atoms in total. The molecule has 2 heteroatoms. The van der Waals surface area contributed by atoms with Crippen LogP contribution in [0.25, 0.3) is 0 Å². The van der Waals surface area contributed by atoms with Gasteiger partial charge < -0.3 is 9.22 Å². The summed E-state index contributed by atoms with van der Waals surface area (Å²) in [6, 6.07) is 0. The van der Waals surface area contributed by atoms with Crippen molar-refractivity contribution in [3.05, 3.63) is 0 Å². The Balaban J connectivity index is 3.27. The third kappa shape index (κ3) is 18.3. The van der Waals surface area contributed by atoms with Gasteiger partial charge in [0, 0.05) is 6.61 Å². The third-order valence-corrected chi connectivity index (χ3v) is 5.10. The highest BCUT2D eigenvalue weighted by molar-refractivity contribution is 4.49. The van der Waals surface area contributed by atoms with Crippen molar-refractivity contribution in [2.45, 2.75) is 104 Å². The monoisotopic (exact) mass is 342 g/mol. The molecular formula is C22H48NO+. The zero-order chi connectivity index (χ0) is 17.9. The molecule has 0 radical (unpaired) electrons. The lowest BCUT2D eigenvalue weighted by molar-refractivity contribution is -0.891. The molecule has 0 aliphatic rings. The van der Waals surface area contributed by atoms with Gasteiger partial charge in [-0.3, -0.25) is 0 Å². The second-order valence-corrected chi connectivity index (χ2v) is 8.24. The number of likely N-dealkylation sites (N-methyl/N-ethyl adjacent to an activating group) is 1. The first-order valence-corrected chi connectivity index (χ1v) is 11.0. The van der Waals surface area contributed by atoms with Crippen LogP contribution >= 0.6 is 0 Å². The van der Waals surface area contributed by atoms with Crippen LogP contribution in [-0.4, -0.2) is 44.9 Å². The first kappa shape index (κ1) is 23.9. The largest absolute Gasteiger partial charge is 0.376 e. The van der Waals surface area contributed by atoms with E-state index in [4.69, 9.17) is 4.74 Å². The van der Waals surface area contributed by atoms with Crippen molar-refractivity contribution in [2.75, 3.05) is 40.4 Å². The molecular weight excluding hydrogens is 294 g/mol. The quantitative estimate of drug-likeness (QED) is 0.190. The number of hydrogen-bond acceptors (Lipinski definition) is 1. The summed E-state index contributed by atoms with van der Waals surface area (Å²) < 4.78 is 6.82. The summed E-state index contributed by atoms with van der Waals surface area (Å²) in [5, 5.41) is 0. The van der Waals surface area contributed by atoms with Gasteiger partial charge in [-0.2, -0.15) is 0 Å². The molecule has 0 aromatic rings. The lowest BCUT2D eigenvalue weighted by Crippen LogP contribution is -2.43. The highest BCUT2D eigenvalue weighted by Gasteiger charge is 2.13. The molecule has 0 atom stereocenters. The smallest absolute Gasteiger partial charge is 0.102 e. The minimum atomic E-state index is 0.922. The highest BCUT2D eigenvalue weighted by atomic mass is 16.5. The van der Waals surface area contributed by atoms with Crippen molar-refractivity contribution >= 4 is 0 Å². The van der Waals surface area contributed by atoms with Gasteiger partial charge in [0.1, 0.15) is 6.54 Å². The Labute approximate surface area is 153 Å². The van der Waals surface area contributed by atoms with E-state index in [9.17, 15) is 0 Å². The molecule has 0 rings (SSSR count). The molecule has 0 amide bonds. The van der Waals surface area contributed by atoms with Crippen LogP contribution in [0.5, 0.6) is 0 Å². The molecule has 0 N–H and O–H groups in total. The first-order chi connectivity index (χ1) is 11.6. The van der Waals surface area contributed by atoms with E-state index in [1.54, 1.807) is 0 Å². The maximum atomic E-state index is 5.71. The van der Waals surface area contributed by atoms with Crippen LogP contribution in [0.15, 0.2) is 0 Å². The molecule has 0 aromatic heterocycles. The van der Waals surface area contributed by atoms with Crippen LogP contribution in [0.1, 0.15) is 104 Å². The molecule has 0 aliphatic carbocycles. The van der Waals surface area contributed by atoms with E-state index < -0.39 is 0 Å². The van der Waals surface area contributed by atoms with Crippen molar-refractivity contribution in [3.8, 4) is 0 Å². The van der Waals surface area contributed by atoms with Gasteiger partial charge in [-0.15, -0.1) is 0 Å². The van der Waals surface area contributed by atoms with Gasteiger partial charge >= 0.3 is 0 Å². The minimum Gasteiger partial charge on any atom is -0.376 e. The van der Waals surface area contributed by atoms with Crippen LogP contribution in [0.2, 0.25) is 0 Å². The van der Waals surface area contributed by atoms with E-state index in [1.165, 1.54) is 96.4 Å². The predicted octanol–water partition coefficient (Wildman–Crippen LogP) is 6.58. The number of quaternary nitrogens is 1. The summed E-state index contributed by atoms with van der Waals surface area (Å²) in [5.74, 6) is 0. The van der Waals surface area contributed by atoms with Crippen LogP contribution in [0.4, 0.5) is 0 Å². The van der Waals surface area contributed by atoms with Crippen LogP contribution in [0, 0.1) is 0 Å². The maximum absolute atomic E-state index is 5.71. The van der Waals surface area contributed by atoms with E-state index in [-0.39, 0.29) is 0 Å². The second kappa shape index (κ2) is 17.7. The molecule has 0 saturated heterocycles. The van der Waals surface area contributed by atoms with Gasteiger partial charge in [-0.1, -0.05) is 84.5 Å². The Morgan fingerprint density at radius 3 is 1.46 bits per heavy atom. The number of ether oxygens (including phenoxy) is 1. The zero-order valence-corrected chi connectivity index (χ0v) is 17.6. The van der Waals surface area contributed by atoms with Gasteiger partial charge in [-0.05, 0) is 19.3 Å². The van der Waals surface area contributed by atoms with E-state index in [0.717, 1.165) is 24.2 Å². The average molecular weight is 343 g/mol. The first-order valence-electron chi connectivity index (χ1n) is 11.0. The standard InChI is InChI=1S/C22H48NO/c1-5-7-9-10-11-12-13-14-15-16-17-18-19-23(3,4)20-22-24-21-8-6-2/h5-22H2,1-4H3/q+1. The molecule has 0 heterocycles. The third-order valence-electron chi connectivity index (χ3n) is 5.10. The number of nitrogens with zero attached hydrogens (tertiary/aromatic N) is 1. The summed E-state index contributed by atoms with van der Waals surface area (Å²) in [5.41, 5.74) is 0. The van der Waals surface area contributed by atoms with Crippen molar-refractivity contribution in [1.82, 2.24) is 0 Å². The van der Waals surface area contributed by atoms with Crippen LogP contribution in [0.3, 0.4) is 0 Å². The van der Waals surface area contributed by atoms with E-state index >= 15 is 0 Å². The molecule has 0 fully saturated rings. The molecule has 0 aromatic carbocycles. The van der Waals surface area contributed by atoms with Crippen molar-refractivity contribution in [3.63, 3.8) is 0 Å². The Bertz CT molecular complexity index is 240. The van der Waals surface area contributed by atoms with Crippen LogP contribution in [-0.2, 0) is 4.74 Å². The SMILES string of the molecule is CCCCCCCCCCCCCC[N+](C)(C)CCOCCCC. The fourth-order valence-electron chi connectivity index (χ4n) is 3.15. The summed E-state index contributed by atoms with van der Waals surface area (Å²) in [6.07, 6.45) is 19.7. The molecule has 0 aliphatic heterocycles. The molecule has 0 spiro atoms.